The summed E-state index contributed by atoms with van der Waals surface area (Å²) in [6.07, 6.45) is 5.74. The first kappa shape index (κ1) is 18.7. The zero-order valence-electron chi connectivity index (χ0n) is 17.4. The summed E-state index contributed by atoms with van der Waals surface area (Å²) < 4.78 is 4.01. The molecule has 4 heterocycles. The Morgan fingerprint density at radius 3 is 2.56 bits per heavy atom. The van der Waals surface area contributed by atoms with E-state index in [2.05, 4.69) is 50.5 Å². The van der Waals surface area contributed by atoms with Gasteiger partial charge < -0.3 is 4.57 Å². The molecule has 0 saturated heterocycles. The van der Waals surface area contributed by atoms with Crippen LogP contribution in [0.1, 0.15) is 23.2 Å². The van der Waals surface area contributed by atoms with Gasteiger partial charge >= 0.3 is 0 Å². The number of aromatic nitrogens is 4. The first-order valence-corrected chi connectivity index (χ1v) is 10.8. The predicted molar refractivity (Wildman–Crippen MR) is 120 cm³/mol. The van der Waals surface area contributed by atoms with E-state index in [0.29, 0.717) is 29.3 Å². The molecule has 0 saturated carbocycles. The molecule has 2 aromatic carbocycles. The summed E-state index contributed by atoms with van der Waals surface area (Å²) in [5.74, 6) is -0.512. The van der Waals surface area contributed by atoms with Crippen molar-refractivity contribution in [2.75, 3.05) is 0 Å². The van der Waals surface area contributed by atoms with Crippen molar-refractivity contribution in [3.8, 4) is 0 Å². The quantitative estimate of drug-likeness (QED) is 0.514. The van der Waals surface area contributed by atoms with Crippen LogP contribution in [0, 0.1) is 5.92 Å². The van der Waals surface area contributed by atoms with Gasteiger partial charge in [-0.05, 0) is 30.4 Å². The third kappa shape index (κ3) is 3.05. The maximum absolute atomic E-state index is 12.8. The summed E-state index contributed by atoms with van der Waals surface area (Å²) in [7, 11) is 0. The van der Waals surface area contributed by atoms with Crippen molar-refractivity contribution in [2.24, 2.45) is 5.92 Å². The second kappa shape index (κ2) is 7.30. The standard InChI is InChI=1S/C25H21N5O2/c31-24-22-19-14-29(21-9-5-4-8-18(19)21)12-17(11-10-16-6-2-1-3-7-16)13-30-15-20(27-28-30)23(22)25(32)26-24/h1-9,14-15,17H,10-13H2,(H,26,31,32). The summed E-state index contributed by atoms with van der Waals surface area (Å²) in [4.78, 5) is 25.5. The molecule has 4 bridgehead atoms. The number of carbonyl (C=O) groups excluding carboxylic acids is 2. The molecule has 2 amide bonds. The van der Waals surface area contributed by atoms with Gasteiger partial charge in [0.25, 0.3) is 11.8 Å². The summed E-state index contributed by atoms with van der Waals surface area (Å²) in [6.45, 7) is 1.46. The zero-order valence-corrected chi connectivity index (χ0v) is 17.4. The van der Waals surface area contributed by atoms with E-state index in [1.165, 1.54) is 5.56 Å². The van der Waals surface area contributed by atoms with E-state index < -0.39 is 5.91 Å². The fraction of sp³-hybridized carbons (Fsp3) is 0.200. The fourth-order valence-electron chi connectivity index (χ4n) is 4.85. The van der Waals surface area contributed by atoms with Crippen LogP contribution in [-0.2, 0) is 29.1 Å². The van der Waals surface area contributed by atoms with Crippen LogP contribution in [0.5, 0.6) is 0 Å². The number of aryl methyl sites for hydroxylation is 1. The van der Waals surface area contributed by atoms with Crippen molar-refractivity contribution >= 4 is 33.9 Å². The number of nitrogens with one attached hydrogen (secondary N) is 1. The van der Waals surface area contributed by atoms with E-state index in [-0.39, 0.29) is 5.91 Å². The van der Waals surface area contributed by atoms with Crippen molar-refractivity contribution in [1.82, 2.24) is 24.9 Å². The third-order valence-corrected chi connectivity index (χ3v) is 6.37. The number of rotatable bonds is 3. The van der Waals surface area contributed by atoms with E-state index in [4.69, 9.17) is 0 Å². The van der Waals surface area contributed by atoms with Crippen LogP contribution >= 0.6 is 0 Å². The molecule has 0 fully saturated rings. The van der Waals surface area contributed by atoms with Gasteiger partial charge in [-0.25, -0.2) is 0 Å². The number of amides is 2. The number of fused-ring (bicyclic) bond motifs is 9. The molecule has 2 aliphatic rings. The number of imide groups is 1. The molecule has 7 heteroatoms. The van der Waals surface area contributed by atoms with Gasteiger partial charge in [0, 0.05) is 35.8 Å². The van der Waals surface area contributed by atoms with Crippen LogP contribution in [0.4, 0.5) is 0 Å². The Kier molecular flexibility index (Phi) is 4.28. The lowest BCUT2D eigenvalue weighted by Gasteiger charge is -2.18. The van der Waals surface area contributed by atoms with Gasteiger partial charge in [0.2, 0.25) is 0 Å². The van der Waals surface area contributed by atoms with Crippen LogP contribution in [0.2, 0.25) is 0 Å². The highest BCUT2D eigenvalue weighted by Gasteiger charge is 2.36. The minimum Gasteiger partial charge on any atom is -0.346 e. The smallest absolute Gasteiger partial charge is 0.261 e. The average molecular weight is 423 g/mol. The topological polar surface area (TPSA) is 81.8 Å². The molecule has 0 spiro atoms. The van der Waals surface area contributed by atoms with Gasteiger partial charge in [0.1, 0.15) is 5.69 Å². The van der Waals surface area contributed by atoms with Crippen LogP contribution in [0.25, 0.3) is 22.0 Å². The van der Waals surface area contributed by atoms with E-state index in [0.717, 1.165) is 35.9 Å². The number of hydrogen-bond acceptors (Lipinski definition) is 4. The van der Waals surface area contributed by atoms with E-state index in [1.807, 2.05) is 30.5 Å². The highest BCUT2D eigenvalue weighted by atomic mass is 16.2. The van der Waals surface area contributed by atoms with Gasteiger partial charge in [-0.15, -0.1) is 5.10 Å². The Bertz CT molecular complexity index is 1400. The molecule has 0 aliphatic carbocycles. The zero-order chi connectivity index (χ0) is 21.7. The van der Waals surface area contributed by atoms with Gasteiger partial charge in [-0.2, -0.15) is 0 Å². The molecule has 1 N–H and O–H groups in total. The highest BCUT2D eigenvalue weighted by Crippen LogP contribution is 2.36. The largest absolute Gasteiger partial charge is 0.346 e. The molecule has 1 unspecified atom stereocenters. The van der Waals surface area contributed by atoms with E-state index >= 15 is 0 Å². The van der Waals surface area contributed by atoms with Crippen LogP contribution in [0.3, 0.4) is 0 Å². The normalized spacial score (nSPS) is 17.9. The first-order valence-electron chi connectivity index (χ1n) is 10.8. The average Bonchev–Trinajstić information content (AvgIpc) is 3.47. The SMILES string of the molecule is O=C1NC(=O)C2=C1c1cn(nn1)CC(CCc1ccccc1)Cn1cc2c2ccccc21. The maximum atomic E-state index is 12.8. The lowest BCUT2D eigenvalue weighted by molar-refractivity contribution is -0.122. The van der Waals surface area contributed by atoms with Gasteiger partial charge in [-0.3, -0.25) is 19.6 Å². The van der Waals surface area contributed by atoms with Crippen LogP contribution < -0.4 is 5.32 Å². The third-order valence-electron chi connectivity index (χ3n) is 6.37. The van der Waals surface area contributed by atoms with Gasteiger partial charge in [-0.1, -0.05) is 53.7 Å². The minimum atomic E-state index is -0.422. The van der Waals surface area contributed by atoms with Crippen molar-refractivity contribution in [3.05, 3.63) is 83.8 Å². The molecule has 158 valence electrons. The molecule has 7 nitrogen and oxygen atoms in total. The molecule has 0 radical (unpaired) electrons. The van der Waals surface area contributed by atoms with Gasteiger partial charge in [0.05, 0.1) is 17.3 Å². The van der Waals surface area contributed by atoms with Gasteiger partial charge in [0.15, 0.2) is 0 Å². The van der Waals surface area contributed by atoms with E-state index in [1.54, 1.807) is 10.9 Å². The highest BCUT2D eigenvalue weighted by molar-refractivity contribution is 6.49. The summed E-state index contributed by atoms with van der Waals surface area (Å²) in [6, 6.07) is 18.5. The van der Waals surface area contributed by atoms with E-state index in [9.17, 15) is 9.59 Å². The second-order valence-corrected chi connectivity index (χ2v) is 8.46. The lowest BCUT2D eigenvalue weighted by atomic mass is 9.98. The monoisotopic (exact) mass is 423 g/mol. The lowest BCUT2D eigenvalue weighted by Crippen LogP contribution is -2.23. The number of benzene rings is 2. The molecule has 6 rings (SSSR count). The van der Waals surface area contributed by atoms with Crippen molar-refractivity contribution in [1.29, 1.82) is 0 Å². The molecule has 4 aromatic rings. The van der Waals surface area contributed by atoms with Crippen molar-refractivity contribution in [2.45, 2.75) is 25.9 Å². The van der Waals surface area contributed by atoms with Crippen molar-refractivity contribution < 1.29 is 9.59 Å². The second-order valence-electron chi connectivity index (χ2n) is 8.46. The molecule has 2 aromatic heterocycles. The Morgan fingerprint density at radius 2 is 1.69 bits per heavy atom. The first-order chi connectivity index (χ1) is 15.7. The molecular formula is C25H21N5O2. The number of carbonyl (C=O) groups is 2. The number of hydrogen-bond donors (Lipinski definition) is 1. The minimum absolute atomic E-state index is 0.297. The number of nitrogens with zero attached hydrogens (tertiary/aromatic N) is 4. The fourth-order valence-corrected chi connectivity index (χ4v) is 4.85. The Balaban J connectivity index is 1.49. The molecular weight excluding hydrogens is 402 g/mol. The summed E-state index contributed by atoms with van der Waals surface area (Å²) >= 11 is 0. The molecule has 1 atom stereocenters. The molecule has 32 heavy (non-hydrogen) atoms. The van der Waals surface area contributed by atoms with Crippen LogP contribution in [-0.4, -0.2) is 31.4 Å². The van der Waals surface area contributed by atoms with Crippen molar-refractivity contribution in [3.63, 3.8) is 0 Å². The van der Waals surface area contributed by atoms with Crippen LogP contribution in [0.15, 0.2) is 67.0 Å². The predicted octanol–water partition coefficient (Wildman–Crippen LogP) is 3.06. The summed E-state index contributed by atoms with van der Waals surface area (Å²) in [5, 5.41) is 11.9. The maximum Gasteiger partial charge on any atom is 0.261 e. The molecule has 2 aliphatic heterocycles. The summed E-state index contributed by atoms with van der Waals surface area (Å²) in [5.41, 5.74) is 4.23. The Morgan fingerprint density at radius 1 is 0.906 bits per heavy atom. The number of para-hydroxylation sites is 1. The Labute approximate surface area is 184 Å². The Hall–Kier alpha value is -4.00.